The van der Waals surface area contributed by atoms with Gasteiger partial charge >= 0.3 is 0 Å². The molecule has 0 saturated heterocycles. The molecule has 1 aromatic carbocycles. The van der Waals surface area contributed by atoms with E-state index < -0.39 is 6.10 Å². The normalized spacial score (nSPS) is 16.4. The number of ketones is 1. The van der Waals surface area contributed by atoms with Crippen LogP contribution < -0.4 is 10.1 Å². The maximum atomic E-state index is 12.3. The SMILES string of the molecule is CC1Oc2ncc(C(=O)NCc3cc4ccccc4o3)cc2CC1=O. The van der Waals surface area contributed by atoms with Crippen LogP contribution in [-0.2, 0) is 17.8 Å². The van der Waals surface area contributed by atoms with E-state index in [4.69, 9.17) is 9.15 Å². The van der Waals surface area contributed by atoms with E-state index in [1.54, 1.807) is 13.0 Å². The number of nitrogens with zero attached hydrogens (tertiary/aromatic N) is 1. The number of nitrogens with one attached hydrogen (secondary N) is 1. The second-order valence-electron chi connectivity index (χ2n) is 6.02. The monoisotopic (exact) mass is 336 g/mol. The fourth-order valence-corrected chi connectivity index (χ4v) is 2.81. The quantitative estimate of drug-likeness (QED) is 0.795. The van der Waals surface area contributed by atoms with Crippen LogP contribution in [0.4, 0.5) is 0 Å². The Kier molecular flexibility index (Phi) is 3.72. The second-order valence-corrected chi connectivity index (χ2v) is 6.02. The summed E-state index contributed by atoms with van der Waals surface area (Å²) in [6, 6.07) is 11.2. The van der Waals surface area contributed by atoms with Gasteiger partial charge in [0.2, 0.25) is 5.88 Å². The number of para-hydroxylation sites is 1. The molecule has 1 aliphatic rings. The molecular weight excluding hydrogens is 320 g/mol. The molecule has 0 fully saturated rings. The Morgan fingerprint density at radius 2 is 2.16 bits per heavy atom. The summed E-state index contributed by atoms with van der Waals surface area (Å²) in [5.74, 6) is 0.796. The lowest BCUT2D eigenvalue weighted by Crippen LogP contribution is -2.31. The molecule has 3 heterocycles. The maximum Gasteiger partial charge on any atom is 0.253 e. The Labute approximate surface area is 143 Å². The summed E-state index contributed by atoms with van der Waals surface area (Å²) in [6.07, 6.45) is 1.19. The standard InChI is InChI=1S/C19H16N2O4/c1-11-16(22)8-13-6-14(9-21-19(13)24-11)18(23)20-10-15-7-12-4-2-3-5-17(12)25-15/h2-7,9,11H,8,10H2,1H3,(H,20,23). The average Bonchev–Trinajstić information content (AvgIpc) is 3.03. The third kappa shape index (κ3) is 2.98. The number of hydrogen-bond acceptors (Lipinski definition) is 5. The summed E-state index contributed by atoms with van der Waals surface area (Å²) < 4.78 is 11.1. The fourth-order valence-electron chi connectivity index (χ4n) is 2.81. The van der Waals surface area contributed by atoms with E-state index in [0.29, 0.717) is 22.8 Å². The van der Waals surface area contributed by atoms with Crippen LogP contribution in [0.2, 0.25) is 0 Å². The van der Waals surface area contributed by atoms with Crippen LogP contribution in [0, 0.1) is 0 Å². The van der Waals surface area contributed by atoms with E-state index >= 15 is 0 Å². The molecule has 1 amide bonds. The lowest BCUT2D eigenvalue weighted by atomic mass is 10.0. The number of benzene rings is 1. The first-order valence-corrected chi connectivity index (χ1v) is 8.04. The van der Waals surface area contributed by atoms with E-state index in [9.17, 15) is 9.59 Å². The van der Waals surface area contributed by atoms with Gasteiger partial charge < -0.3 is 14.5 Å². The molecule has 1 atom stereocenters. The largest absolute Gasteiger partial charge is 0.466 e. The van der Waals surface area contributed by atoms with E-state index in [0.717, 1.165) is 11.0 Å². The molecular formula is C19H16N2O4. The number of pyridine rings is 1. The third-order valence-electron chi connectivity index (χ3n) is 4.19. The zero-order valence-electron chi connectivity index (χ0n) is 13.6. The van der Waals surface area contributed by atoms with Gasteiger partial charge in [-0.2, -0.15) is 0 Å². The van der Waals surface area contributed by atoms with Crippen LogP contribution in [-0.4, -0.2) is 22.8 Å². The van der Waals surface area contributed by atoms with Crippen molar-refractivity contribution in [2.45, 2.75) is 26.0 Å². The van der Waals surface area contributed by atoms with Gasteiger partial charge in [-0.3, -0.25) is 9.59 Å². The molecule has 0 aliphatic carbocycles. The van der Waals surface area contributed by atoms with Gasteiger partial charge in [0.25, 0.3) is 5.91 Å². The maximum absolute atomic E-state index is 12.3. The molecule has 6 heteroatoms. The molecule has 0 spiro atoms. The molecule has 25 heavy (non-hydrogen) atoms. The molecule has 1 N–H and O–H groups in total. The van der Waals surface area contributed by atoms with Gasteiger partial charge in [-0.1, -0.05) is 18.2 Å². The Morgan fingerprint density at radius 1 is 1.32 bits per heavy atom. The summed E-state index contributed by atoms with van der Waals surface area (Å²) in [4.78, 5) is 28.3. The summed E-state index contributed by atoms with van der Waals surface area (Å²) >= 11 is 0. The number of rotatable bonds is 3. The van der Waals surface area contributed by atoms with Crippen LogP contribution in [0.25, 0.3) is 11.0 Å². The van der Waals surface area contributed by atoms with Crippen molar-refractivity contribution in [3.8, 4) is 5.88 Å². The van der Waals surface area contributed by atoms with E-state index in [1.807, 2.05) is 30.3 Å². The van der Waals surface area contributed by atoms with Crippen molar-refractivity contribution in [3.05, 3.63) is 59.5 Å². The first-order valence-electron chi connectivity index (χ1n) is 8.04. The average molecular weight is 336 g/mol. The molecule has 6 nitrogen and oxygen atoms in total. The van der Waals surface area contributed by atoms with Crippen molar-refractivity contribution >= 4 is 22.7 Å². The van der Waals surface area contributed by atoms with E-state index in [-0.39, 0.29) is 24.7 Å². The van der Waals surface area contributed by atoms with Crippen LogP contribution >= 0.6 is 0 Å². The number of Topliss-reactive ketones (excluding diaryl/α,β-unsaturated/α-hetero) is 1. The fraction of sp³-hybridized carbons (Fsp3) is 0.211. The Hall–Kier alpha value is -3.15. The Morgan fingerprint density at radius 3 is 3.00 bits per heavy atom. The van der Waals surface area contributed by atoms with Gasteiger partial charge in [-0.25, -0.2) is 4.98 Å². The predicted octanol–water partition coefficient (Wildman–Crippen LogP) is 2.65. The number of carbonyl (C=O) groups excluding carboxylic acids is 2. The van der Waals surface area contributed by atoms with Crippen molar-refractivity contribution in [1.29, 1.82) is 0 Å². The molecule has 0 saturated carbocycles. The zero-order chi connectivity index (χ0) is 17.4. The van der Waals surface area contributed by atoms with Crippen molar-refractivity contribution in [2.75, 3.05) is 0 Å². The lowest BCUT2D eigenvalue weighted by molar-refractivity contribution is -0.125. The van der Waals surface area contributed by atoms with Gasteiger partial charge in [0.15, 0.2) is 11.9 Å². The van der Waals surface area contributed by atoms with Gasteiger partial charge in [-0.15, -0.1) is 0 Å². The molecule has 1 aliphatic heterocycles. The van der Waals surface area contributed by atoms with Crippen molar-refractivity contribution in [1.82, 2.24) is 10.3 Å². The topological polar surface area (TPSA) is 81.4 Å². The molecule has 0 bridgehead atoms. The summed E-state index contributed by atoms with van der Waals surface area (Å²) in [5.41, 5.74) is 1.81. The zero-order valence-corrected chi connectivity index (χ0v) is 13.6. The number of furan rings is 1. The number of ether oxygens (including phenoxy) is 1. The van der Waals surface area contributed by atoms with Crippen LogP contribution in [0.15, 0.2) is 47.0 Å². The highest BCUT2D eigenvalue weighted by Crippen LogP contribution is 2.24. The Balaban J connectivity index is 1.48. The van der Waals surface area contributed by atoms with Gasteiger partial charge in [0.05, 0.1) is 12.1 Å². The summed E-state index contributed by atoms with van der Waals surface area (Å²) in [6.45, 7) is 1.97. The summed E-state index contributed by atoms with van der Waals surface area (Å²) in [5, 5.41) is 3.80. The summed E-state index contributed by atoms with van der Waals surface area (Å²) in [7, 11) is 0. The predicted molar refractivity (Wildman–Crippen MR) is 90.4 cm³/mol. The first-order chi connectivity index (χ1) is 12.1. The van der Waals surface area contributed by atoms with Gasteiger partial charge in [-0.05, 0) is 25.1 Å². The van der Waals surface area contributed by atoms with Crippen molar-refractivity contribution < 1.29 is 18.7 Å². The van der Waals surface area contributed by atoms with Gasteiger partial charge in [0.1, 0.15) is 11.3 Å². The minimum Gasteiger partial charge on any atom is -0.466 e. The van der Waals surface area contributed by atoms with Crippen LogP contribution in [0.3, 0.4) is 0 Å². The lowest BCUT2D eigenvalue weighted by Gasteiger charge is -2.21. The molecule has 126 valence electrons. The molecule has 2 aromatic heterocycles. The number of carbonyl (C=O) groups is 2. The molecule has 4 rings (SSSR count). The Bertz CT molecular complexity index is 943. The van der Waals surface area contributed by atoms with E-state index in [1.165, 1.54) is 6.20 Å². The van der Waals surface area contributed by atoms with E-state index in [2.05, 4.69) is 10.3 Å². The highest BCUT2D eigenvalue weighted by molar-refractivity contribution is 5.95. The van der Waals surface area contributed by atoms with Crippen molar-refractivity contribution in [2.24, 2.45) is 0 Å². The van der Waals surface area contributed by atoms with Crippen LogP contribution in [0.1, 0.15) is 28.6 Å². The number of amides is 1. The molecule has 3 aromatic rings. The van der Waals surface area contributed by atoms with Gasteiger partial charge in [0, 0.05) is 23.6 Å². The second kappa shape index (κ2) is 6.05. The minimum atomic E-state index is -0.493. The smallest absolute Gasteiger partial charge is 0.253 e. The molecule has 0 radical (unpaired) electrons. The molecule has 1 unspecified atom stereocenters. The third-order valence-corrected chi connectivity index (χ3v) is 4.19. The number of hydrogen-bond donors (Lipinski definition) is 1. The van der Waals surface area contributed by atoms with Crippen LogP contribution in [0.5, 0.6) is 5.88 Å². The first kappa shape index (κ1) is 15.4. The number of fused-ring (bicyclic) bond motifs is 2. The highest BCUT2D eigenvalue weighted by atomic mass is 16.5. The minimum absolute atomic E-state index is 0.0193. The van der Waals surface area contributed by atoms with Crippen molar-refractivity contribution in [3.63, 3.8) is 0 Å². The highest BCUT2D eigenvalue weighted by Gasteiger charge is 2.25. The number of aromatic nitrogens is 1.